The predicted octanol–water partition coefficient (Wildman–Crippen LogP) is 3.08. The van der Waals surface area contributed by atoms with Crippen LogP contribution in [0.4, 0.5) is 0 Å². The number of aliphatic hydroxyl groups is 1. The van der Waals surface area contributed by atoms with Crippen LogP contribution in [-0.2, 0) is 25.6 Å². The topological polar surface area (TPSA) is 106 Å². The van der Waals surface area contributed by atoms with E-state index in [1.807, 2.05) is 60.7 Å². The maximum Gasteiger partial charge on any atom is 0.184 e. The first-order valence-electron chi connectivity index (χ1n) is 9.11. The molecular formula is C20H21N3O5. The third-order valence-corrected chi connectivity index (χ3v) is 4.85. The van der Waals surface area contributed by atoms with Gasteiger partial charge in [0.1, 0.15) is 18.2 Å². The van der Waals surface area contributed by atoms with Gasteiger partial charge in [0.25, 0.3) is 0 Å². The molecule has 0 amide bonds. The van der Waals surface area contributed by atoms with Crippen molar-refractivity contribution in [3.8, 4) is 0 Å². The molecule has 0 saturated carbocycles. The molecule has 8 heteroatoms. The second-order valence-corrected chi connectivity index (χ2v) is 6.70. The lowest BCUT2D eigenvalue weighted by Gasteiger charge is -2.46. The number of hydrogen-bond acceptors (Lipinski definition) is 6. The Morgan fingerprint density at radius 3 is 2.50 bits per heavy atom. The van der Waals surface area contributed by atoms with Crippen LogP contribution in [0, 0.1) is 0 Å². The van der Waals surface area contributed by atoms with Gasteiger partial charge >= 0.3 is 0 Å². The third-order valence-electron chi connectivity index (χ3n) is 4.85. The molecule has 2 saturated heterocycles. The smallest absolute Gasteiger partial charge is 0.184 e. The molecule has 4 rings (SSSR count). The summed E-state index contributed by atoms with van der Waals surface area (Å²) in [5.41, 5.74) is 10.7. The van der Waals surface area contributed by atoms with Gasteiger partial charge in [-0.15, -0.1) is 0 Å². The molecule has 2 fully saturated rings. The highest BCUT2D eigenvalue weighted by atomic mass is 16.7. The van der Waals surface area contributed by atoms with Crippen molar-refractivity contribution in [3.63, 3.8) is 0 Å². The van der Waals surface area contributed by atoms with Gasteiger partial charge in [0, 0.05) is 10.5 Å². The van der Waals surface area contributed by atoms with Gasteiger partial charge in [0.05, 0.1) is 19.3 Å². The predicted molar refractivity (Wildman–Crippen MR) is 98.8 cm³/mol. The van der Waals surface area contributed by atoms with Crippen LogP contribution in [0.1, 0.15) is 17.4 Å². The maximum absolute atomic E-state index is 10.8. The Hall–Kier alpha value is -2.45. The van der Waals surface area contributed by atoms with Crippen molar-refractivity contribution >= 4 is 0 Å². The van der Waals surface area contributed by atoms with Crippen LogP contribution >= 0.6 is 0 Å². The lowest BCUT2D eigenvalue weighted by Crippen LogP contribution is -2.61. The van der Waals surface area contributed by atoms with E-state index in [-0.39, 0.29) is 13.2 Å². The summed E-state index contributed by atoms with van der Waals surface area (Å²) in [4.78, 5) is 2.85. The van der Waals surface area contributed by atoms with Gasteiger partial charge in [-0.2, -0.15) is 0 Å². The van der Waals surface area contributed by atoms with Crippen LogP contribution < -0.4 is 0 Å². The third kappa shape index (κ3) is 4.02. The van der Waals surface area contributed by atoms with E-state index in [4.69, 9.17) is 24.5 Å². The van der Waals surface area contributed by atoms with Crippen LogP contribution in [0.15, 0.2) is 65.8 Å². The molecule has 0 radical (unpaired) electrons. The number of hydrogen-bond donors (Lipinski definition) is 1. The second kappa shape index (κ2) is 8.70. The molecule has 0 bridgehead atoms. The molecule has 2 aromatic rings. The summed E-state index contributed by atoms with van der Waals surface area (Å²) in [7, 11) is 0. The fourth-order valence-corrected chi connectivity index (χ4v) is 3.43. The van der Waals surface area contributed by atoms with Crippen molar-refractivity contribution in [2.75, 3.05) is 6.61 Å². The van der Waals surface area contributed by atoms with Gasteiger partial charge in [-0.05, 0) is 11.1 Å². The molecule has 0 spiro atoms. The Kier molecular flexibility index (Phi) is 5.87. The van der Waals surface area contributed by atoms with E-state index in [0.29, 0.717) is 0 Å². The minimum Gasteiger partial charge on any atom is -0.390 e. The number of rotatable bonds is 5. The van der Waals surface area contributed by atoms with Crippen molar-refractivity contribution in [2.24, 2.45) is 5.11 Å². The van der Waals surface area contributed by atoms with Crippen LogP contribution in [-0.4, -0.2) is 42.4 Å². The Morgan fingerprint density at radius 1 is 1.07 bits per heavy atom. The number of nitrogens with zero attached hydrogens (tertiary/aromatic N) is 3. The lowest BCUT2D eigenvalue weighted by atomic mass is 9.96. The fourth-order valence-electron chi connectivity index (χ4n) is 3.43. The molecule has 1 unspecified atom stereocenters. The quantitative estimate of drug-likeness (QED) is 0.485. The van der Waals surface area contributed by atoms with Gasteiger partial charge in [-0.3, -0.25) is 0 Å². The summed E-state index contributed by atoms with van der Waals surface area (Å²) in [5, 5.41) is 14.5. The Morgan fingerprint density at radius 2 is 1.79 bits per heavy atom. The Labute approximate surface area is 162 Å². The fraction of sp³-hybridized carbons (Fsp3) is 0.400. The maximum atomic E-state index is 10.8. The van der Waals surface area contributed by atoms with E-state index in [2.05, 4.69) is 10.0 Å². The zero-order valence-electron chi connectivity index (χ0n) is 15.1. The second-order valence-electron chi connectivity index (χ2n) is 6.70. The van der Waals surface area contributed by atoms with E-state index in [0.717, 1.165) is 11.1 Å². The van der Waals surface area contributed by atoms with Crippen LogP contribution in [0.25, 0.3) is 10.4 Å². The minimum absolute atomic E-state index is 0.232. The van der Waals surface area contributed by atoms with Crippen molar-refractivity contribution in [1.29, 1.82) is 0 Å². The van der Waals surface area contributed by atoms with E-state index in [1.165, 1.54) is 0 Å². The summed E-state index contributed by atoms with van der Waals surface area (Å²) < 4.78 is 23.5. The average Bonchev–Trinajstić information content (AvgIpc) is 2.76. The largest absolute Gasteiger partial charge is 0.390 e. The van der Waals surface area contributed by atoms with E-state index in [1.54, 1.807) is 0 Å². The monoisotopic (exact) mass is 383 g/mol. The Balaban J connectivity index is 1.47. The molecule has 2 aliphatic rings. The number of azide groups is 1. The molecule has 2 heterocycles. The number of ether oxygens (including phenoxy) is 4. The molecule has 28 heavy (non-hydrogen) atoms. The molecule has 6 atom stereocenters. The summed E-state index contributed by atoms with van der Waals surface area (Å²) in [6.07, 6.45) is -3.81. The number of benzene rings is 2. The molecule has 0 aromatic heterocycles. The zero-order valence-corrected chi connectivity index (χ0v) is 15.1. The first-order valence-corrected chi connectivity index (χ1v) is 9.11. The molecule has 2 aromatic carbocycles. The van der Waals surface area contributed by atoms with Crippen molar-refractivity contribution in [1.82, 2.24) is 0 Å². The normalized spacial score (nSPS) is 32.2. The van der Waals surface area contributed by atoms with Crippen molar-refractivity contribution in [2.45, 2.75) is 43.5 Å². The van der Waals surface area contributed by atoms with Crippen LogP contribution in [0.3, 0.4) is 0 Å². The number of fused-ring (bicyclic) bond motifs is 1. The Bertz CT molecular complexity index is 815. The van der Waals surface area contributed by atoms with E-state index < -0.39 is 36.9 Å². The minimum atomic E-state index is -1.08. The van der Waals surface area contributed by atoms with Crippen molar-refractivity contribution in [3.05, 3.63) is 82.2 Å². The van der Waals surface area contributed by atoms with Crippen LogP contribution in [0.2, 0.25) is 0 Å². The molecular weight excluding hydrogens is 362 g/mol. The average molecular weight is 383 g/mol. The molecule has 0 aliphatic carbocycles. The van der Waals surface area contributed by atoms with Gasteiger partial charge in [0.15, 0.2) is 12.6 Å². The molecule has 2 aliphatic heterocycles. The zero-order chi connectivity index (χ0) is 19.3. The highest BCUT2D eigenvalue weighted by Gasteiger charge is 2.49. The SMILES string of the molecule is [N-]=[N+]=N[C@@H]1C(OCc2ccccc2)O[C@@H]2CO[C@@H](c3ccccc3)O[C@H]2[C@@H]1O. The lowest BCUT2D eigenvalue weighted by molar-refractivity contribution is -0.343. The van der Waals surface area contributed by atoms with Gasteiger partial charge < -0.3 is 24.1 Å². The molecule has 8 nitrogen and oxygen atoms in total. The van der Waals surface area contributed by atoms with E-state index in [9.17, 15) is 5.11 Å². The van der Waals surface area contributed by atoms with Gasteiger partial charge in [-0.1, -0.05) is 65.8 Å². The highest BCUT2D eigenvalue weighted by Crippen LogP contribution is 2.35. The summed E-state index contributed by atoms with van der Waals surface area (Å²) >= 11 is 0. The van der Waals surface area contributed by atoms with Gasteiger partial charge in [0.2, 0.25) is 0 Å². The standard InChI is InChI=1S/C20H21N3O5/c21-23-22-16-17(24)18-15(12-26-19(28-18)14-9-5-2-6-10-14)27-20(16)25-11-13-7-3-1-4-8-13/h1-10,15-20,24H,11-12H2/t15-,16+,17-,18-,19-,20?/m1/s1. The first kappa shape index (κ1) is 18.9. The molecule has 1 N–H and O–H groups in total. The summed E-state index contributed by atoms with van der Waals surface area (Å²) in [6.45, 7) is 0.497. The van der Waals surface area contributed by atoms with E-state index >= 15 is 0 Å². The highest BCUT2D eigenvalue weighted by molar-refractivity contribution is 5.17. The molecule has 146 valence electrons. The number of aliphatic hydroxyl groups excluding tert-OH is 1. The van der Waals surface area contributed by atoms with Gasteiger partial charge in [-0.25, -0.2) is 0 Å². The summed E-state index contributed by atoms with van der Waals surface area (Å²) in [5.74, 6) is 0. The van der Waals surface area contributed by atoms with Crippen molar-refractivity contribution < 1.29 is 24.1 Å². The van der Waals surface area contributed by atoms with Crippen LogP contribution in [0.5, 0.6) is 0 Å². The first-order chi connectivity index (χ1) is 13.8. The summed E-state index contributed by atoms with van der Waals surface area (Å²) in [6, 6.07) is 18.1.